The fraction of sp³-hybridized carbons (Fsp3) is 0.333. The van der Waals surface area contributed by atoms with Crippen LogP contribution in [0, 0.1) is 12.8 Å². The fourth-order valence-electron chi connectivity index (χ4n) is 7.03. The Bertz CT molecular complexity index is 1810. The van der Waals surface area contributed by atoms with Crippen molar-refractivity contribution in [1.29, 1.82) is 0 Å². The molecule has 2 atom stereocenters. The third kappa shape index (κ3) is 4.16. The number of likely N-dealkylation sites (tertiary alicyclic amines) is 1. The maximum absolute atomic E-state index is 13.7. The summed E-state index contributed by atoms with van der Waals surface area (Å²) in [6.45, 7) is 7.46. The molecule has 5 heterocycles. The van der Waals surface area contributed by atoms with Crippen LogP contribution < -0.4 is 15.0 Å². The van der Waals surface area contributed by atoms with E-state index in [1.165, 1.54) is 0 Å². The molecule has 1 fully saturated rings. The molecule has 8 nitrogen and oxygen atoms in total. The van der Waals surface area contributed by atoms with E-state index in [4.69, 9.17) is 9.47 Å². The Morgan fingerprint density at radius 2 is 1.98 bits per heavy atom. The molecule has 0 unspecified atom stereocenters. The lowest BCUT2D eigenvalue weighted by atomic mass is 9.83. The molecule has 0 saturated carbocycles. The van der Waals surface area contributed by atoms with Crippen LogP contribution in [-0.4, -0.2) is 45.1 Å². The number of rotatable bonds is 5. The molecule has 0 spiro atoms. The van der Waals surface area contributed by atoms with Crippen LogP contribution in [0.25, 0.3) is 17.0 Å². The van der Waals surface area contributed by atoms with Gasteiger partial charge in [0.15, 0.2) is 5.76 Å². The van der Waals surface area contributed by atoms with E-state index >= 15 is 0 Å². The maximum Gasteiger partial charge on any atom is 0.250 e. The van der Waals surface area contributed by atoms with Gasteiger partial charge in [-0.3, -0.25) is 14.5 Å². The number of phenolic OH excluding ortho intramolecular Hbond substituents is 1. The van der Waals surface area contributed by atoms with E-state index < -0.39 is 0 Å². The molecule has 2 aromatic carbocycles. The van der Waals surface area contributed by atoms with Crippen molar-refractivity contribution in [3.63, 3.8) is 0 Å². The molecule has 4 aromatic rings. The number of phenols is 1. The first kappa shape index (κ1) is 25.7. The van der Waals surface area contributed by atoms with Crippen molar-refractivity contribution in [1.82, 2.24) is 14.0 Å². The molecular weight excluding hydrogens is 518 g/mol. The second-order valence-electron chi connectivity index (χ2n) is 11.5. The van der Waals surface area contributed by atoms with Gasteiger partial charge < -0.3 is 23.7 Å². The first-order chi connectivity index (χ1) is 19.8. The van der Waals surface area contributed by atoms with Crippen molar-refractivity contribution in [2.24, 2.45) is 5.92 Å². The van der Waals surface area contributed by atoms with Gasteiger partial charge in [-0.1, -0.05) is 6.07 Å². The maximum atomic E-state index is 13.7. The van der Waals surface area contributed by atoms with Crippen LogP contribution in [0.15, 0.2) is 59.2 Å². The summed E-state index contributed by atoms with van der Waals surface area (Å²) in [6.07, 6.45) is 4.88. The van der Waals surface area contributed by atoms with Gasteiger partial charge in [0.1, 0.15) is 17.2 Å². The van der Waals surface area contributed by atoms with Gasteiger partial charge in [-0.05, 0) is 68.2 Å². The van der Waals surface area contributed by atoms with Gasteiger partial charge in [-0.15, -0.1) is 0 Å². The first-order valence-corrected chi connectivity index (χ1v) is 14.2. The number of pyridine rings is 1. The normalized spacial score (nSPS) is 20.8. The Morgan fingerprint density at radius 1 is 1.12 bits per heavy atom. The van der Waals surface area contributed by atoms with E-state index in [1.807, 2.05) is 42.0 Å². The molecule has 41 heavy (non-hydrogen) atoms. The number of fused-ring (bicyclic) bond motifs is 6. The fourth-order valence-corrected chi connectivity index (χ4v) is 7.03. The summed E-state index contributed by atoms with van der Waals surface area (Å²) in [5.41, 5.74) is 4.90. The minimum Gasteiger partial charge on any atom is -0.507 e. The smallest absolute Gasteiger partial charge is 0.250 e. The summed E-state index contributed by atoms with van der Waals surface area (Å²) in [7, 11) is 1.64. The third-order valence-corrected chi connectivity index (χ3v) is 8.90. The molecular formula is C33H33N3O5. The van der Waals surface area contributed by atoms with Crippen LogP contribution in [0.2, 0.25) is 0 Å². The number of nitrogens with zero attached hydrogens (tertiary/aromatic N) is 3. The molecule has 3 aliphatic heterocycles. The Kier molecular flexibility index (Phi) is 6.05. The van der Waals surface area contributed by atoms with Crippen molar-refractivity contribution in [2.75, 3.05) is 20.2 Å². The molecule has 2 bridgehead atoms. The second-order valence-corrected chi connectivity index (χ2v) is 11.5. The number of carbonyl (C=O) groups excluding carboxylic acids is 1. The minimum absolute atomic E-state index is 0.0615. The number of aryl methyl sites for hydroxylation is 2. The Labute approximate surface area is 238 Å². The highest BCUT2D eigenvalue weighted by molar-refractivity contribution is 6.16. The SMILES string of the molecule is CCn1cc(/C=C2/Oc3c(CN4C[C@@H]5C[C@H](C4)c4cccc(=O)n4C5)c(O)cc(C)c3C2=O)c2cc(OC)ccc21. The van der Waals surface area contributed by atoms with E-state index in [1.54, 1.807) is 25.3 Å². The molecule has 8 heteroatoms. The van der Waals surface area contributed by atoms with E-state index in [0.29, 0.717) is 41.4 Å². The number of hydrogen-bond acceptors (Lipinski definition) is 6. The van der Waals surface area contributed by atoms with Crippen LogP contribution in [0.5, 0.6) is 17.2 Å². The number of aromatic hydroxyl groups is 1. The van der Waals surface area contributed by atoms with Crippen molar-refractivity contribution < 1.29 is 19.4 Å². The third-order valence-electron chi connectivity index (χ3n) is 8.90. The zero-order valence-corrected chi connectivity index (χ0v) is 23.5. The predicted octanol–water partition coefficient (Wildman–Crippen LogP) is 5.08. The summed E-state index contributed by atoms with van der Waals surface area (Å²) in [5, 5.41) is 12.1. The van der Waals surface area contributed by atoms with Gasteiger partial charge in [-0.25, -0.2) is 0 Å². The number of methoxy groups -OCH3 is 1. The van der Waals surface area contributed by atoms with Crippen LogP contribution >= 0.6 is 0 Å². The molecule has 1 N–H and O–H groups in total. The number of hydrogen-bond donors (Lipinski definition) is 1. The Balaban J connectivity index is 1.23. The second kappa shape index (κ2) is 9.66. The van der Waals surface area contributed by atoms with E-state index in [9.17, 15) is 14.7 Å². The molecule has 0 radical (unpaired) electrons. The predicted molar refractivity (Wildman–Crippen MR) is 157 cm³/mol. The largest absolute Gasteiger partial charge is 0.507 e. The van der Waals surface area contributed by atoms with E-state index in [0.717, 1.165) is 54.0 Å². The minimum atomic E-state index is -0.178. The molecule has 210 valence electrons. The molecule has 0 aliphatic carbocycles. The monoisotopic (exact) mass is 551 g/mol. The van der Waals surface area contributed by atoms with Crippen LogP contribution in [0.1, 0.15) is 52.0 Å². The highest BCUT2D eigenvalue weighted by Gasteiger charge is 2.37. The zero-order chi connectivity index (χ0) is 28.4. The summed E-state index contributed by atoms with van der Waals surface area (Å²) >= 11 is 0. The van der Waals surface area contributed by atoms with Crippen molar-refractivity contribution in [3.05, 3.63) is 92.7 Å². The Morgan fingerprint density at radius 3 is 2.78 bits per heavy atom. The molecule has 0 amide bonds. The number of benzene rings is 2. The van der Waals surface area contributed by atoms with Gasteiger partial charge in [-0.2, -0.15) is 0 Å². The summed E-state index contributed by atoms with van der Waals surface area (Å²) in [6, 6.07) is 13.1. The van der Waals surface area contributed by atoms with Crippen LogP contribution in [-0.2, 0) is 19.6 Å². The standard InChI is InChI=1S/C33H33N3O5/c1-4-35-17-21(24-13-23(40-3)8-9-27(24)35)12-29-32(39)31-19(2)10-28(37)25(33(31)41-29)18-34-14-20-11-22(16-34)26-6-5-7-30(38)36(26)15-20/h5-10,12-13,17,20,22,37H,4,11,14-16,18H2,1-3H3/b29-12+/t20-,22+/m0/s1. The zero-order valence-electron chi connectivity index (χ0n) is 23.5. The molecule has 7 rings (SSSR count). The molecule has 1 saturated heterocycles. The lowest BCUT2D eigenvalue weighted by Gasteiger charge is -2.43. The number of allylic oxidation sites excluding steroid dienone is 1. The Hall–Kier alpha value is -4.30. The van der Waals surface area contributed by atoms with Gasteiger partial charge in [0.05, 0.1) is 18.2 Å². The highest BCUT2D eigenvalue weighted by Crippen LogP contribution is 2.44. The van der Waals surface area contributed by atoms with Gasteiger partial charge in [0.25, 0.3) is 5.56 Å². The van der Waals surface area contributed by atoms with Gasteiger partial charge in [0, 0.05) is 73.1 Å². The molecule has 2 aromatic heterocycles. The number of carbonyl (C=O) groups is 1. The van der Waals surface area contributed by atoms with E-state index in [2.05, 4.69) is 22.5 Å². The summed E-state index contributed by atoms with van der Waals surface area (Å²) < 4.78 is 15.8. The average molecular weight is 552 g/mol. The van der Waals surface area contributed by atoms with Crippen molar-refractivity contribution >= 4 is 22.8 Å². The lowest BCUT2D eigenvalue weighted by molar-refractivity contribution is 0.101. The number of aromatic nitrogens is 2. The van der Waals surface area contributed by atoms with Gasteiger partial charge >= 0.3 is 0 Å². The van der Waals surface area contributed by atoms with Gasteiger partial charge in [0.2, 0.25) is 5.78 Å². The number of ketones is 1. The summed E-state index contributed by atoms with van der Waals surface area (Å²) in [5.74, 6) is 2.00. The molecule has 3 aliphatic rings. The highest BCUT2D eigenvalue weighted by atomic mass is 16.5. The first-order valence-electron chi connectivity index (χ1n) is 14.2. The summed E-state index contributed by atoms with van der Waals surface area (Å²) in [4.78, 5) is 28.5. The van der Waals surface area contributed by atoms with E-state index in [-0.39, 0.29) is 28.8 Å². The quantitative estimate of drug-likeness (QED) is 0.348. The van der Waals surface area contributed by atoms with Crippen molar-refractivity contribution in [3.8, 4) is 17.2 Å². The number of Topliss-reactive ketones (excluding diaryl/α,β-unsaturated/α-hetero) is 1. The number of piperidine rings is 1. The number of ether oxygens (including phenoxy) is 2. The van der Waals surface area contributed by atoms with Crippen molar-refractivity contribution in [2.45, 2.75) is 45.8 Å². The lowest BCUT2D eigenvalue weighted by Crippen LogP contribution is -2.46. The van der Waals surface area contributed by atoms with Crippen LogP contribution in [0.4, 0.5) is 0 Å². The topological polar surface area (TPSA) is 85.9 Å². The van der Waals surface area contributed by atoms with Crippen LogP contribution in [0.3, 0.4) is 0 Å². The average Bonchev–Trinajstić information content (AvgIpc) is 3.48.